The second-order valence-corrected chi connectivity index (χ2v) is 18.5. The number of carbonyl (C=O) groups is 3. The van der Waals surface area contributed by atoms with E-state index in [0.717, 1.165) is 70.6 Å². The SMILES string of the molecule is CCCCC/C=C\CCCCCCCC(=O)OCC(COC(=O)CCCCCCCCCCCCCCCCCCC)OC(=O)CCCCCCC/C=C\CCCCCCCC. The summed E-state index contributed by atoms with van der Waals surface area (Å²) in [7, 11) is 0. The third-order valence-corrected chi connectivity index (χ3v) is 12.2. The first kappa shape index (κ1) is 59.9. The summed E-state index contributed by atoms with van der Waals surface area (Å²) in [5.74, 6) is -0.876. The van der Waals surface area contributed by atoms with Gasteiger partial charge in [-0.1, -0.05) is 231 Å². The summed E-state index contributed by atoms with van der Waals surface area (Å²) in [6, 6.07) is 0. The Kier molecular flexibility index (Phi) is 49.8. The third-order valence-electron chi connectivity index (χ3n) is 12.2. The largest absolute Gasteiger partial charge is 0.462 e. The molecule has 0 radical (unpaired) electrons. The van der Waals surface area contributed by atoms with Gasteiger partial charge in [0.25, 0.3) is 0 Å². The minimum Gasteiger partial charge on any atom is -0.462 e. The Morgan fingerprint density at radius 1 is 0.306 bits per heavy atom. The Morgan fingerprint density at radius 3 is 0.839 bits per heavy atom. The van der Waals surface area contributed by atoms with Crippen molar-refractivity contribution in [2.75, 3.05) is 13.2 Å². The van der Waals surface area contributed by atoms with Crippen molar-refractivity contribution in [3.05, 3.63) is 24.3 Å². The Balaban J connectivity index is 4.33. The van der Waals surface area contributed by atoms with Gasteiger partial charge in [0.1, 0.15) is 13.2 Å². The number of carbonyl (C=O) groups excluding carboxylic acids is 3. The van der Waals surface area contributed by atoms with Crippen molar-refractivity contribution in [2.45, 2.75) is 303 Å². The first-order valence-corrected chi connectivity index (χ1v) is 27.3. The second kappa shape index (κ2) is 51.5. The van der Waals surface area contributed by atoms with Crippen LogP contribution in [0.1, 0.15) is 297 Å². The Hall–Kier alpha value is -2.11. The molecular formula is C56H104O6. The molecular weight excluding hydrogens is 769 g/mol. The number of hydrogen-bond acceptors (Lipinski definition) is 6. The molecule has 0 aromatic heterocycles. The molecule has 0 heterocycles. The van der Waals surface area contributed by atoms with Crippen molar-refractivity contribution in [3.8, 4) is 0 Å². The summed E-state index contributed by atoms with van der Waals surface area (Å²) in [5, 5.41) is 0. The zero-order valence-corrected chi connectivity index (χ0v) is 41.7. The molecule has 0 bridgehead atoms. The van der Waals surface area contributed by atoms with Crippen LogP contribution < -0.4 is 0 Å². The molecule has 1 atom stereocenters. The van der Waals surface area contributed by atoms with Crippen LogP contribution in [0.5, 0.6) is 0 Å². The molecule has 0 fully saturated rings. The quantitative estimate of drug-likeness (QED) is 0.0262. The van der Waals surface area contributed by atoms with Gasteiger partial charge in [-0.15, -0.1) is 0 Å². The van der Waals surface area contributed by atoms with Crippen molar-refractivity contribution >= 4 is 17.9 Å². The first-order chi connectivity index (χ1) is 30.5. The highest BCUT2D eigenvalue weighted by Crippen LogP contribution is 2.16. The van der Waals surface area contributed by atoms with Gasteiger partial charge in [-0.3, -0.25) is 14.4 Å². The number of rotatable bonds is 50. The highest BCUT2D eigenvalue weighted by atomic mass is 16.6. The summed E-state index contributed by atoms with van der Waals surface area (Å²) < 4.78 is 16.8. The van der Waals surface area contributed by atoms with Gasteiger partial charge < -0.3 is 14.2 Å². The monoisotopic (exact) mass is 873 g/mol. The van der Waals surface area contributed by atoms with Crippen LogP contribution in [0, 0.1) is 0 Å². The van der Waals surface area contributed by atoms with Crippen LogP contribution in [0.2, 0.25) is 0 Å². The molecule has 0 saturated carbocycles. The van der Waals surface area contributed by atoms with Crippen LogP contribution >= 0.6 is 0 Å². The van der Waals surface area contributed by atoms with Crippen molar-refractivity contribution in [1.29, 1.82) is 0 Å². The fourth-order valence-electron chi connectivity index (χ4n) is 8.02. The zero-order valence-electron chi connectivity index (χ0n) is 41.7. The number of hydrogen-bond donors (Lipinski definition) is 0. The van der Waals surface area contributed by atoms with E-state index in [4.69, 9.17) is 14.2 Å². The number of allylic oxidation sites excluding steroid dienone is 4. The van der Waals surface area contributed by atoms with Crippen LogP contribution in [0.15, 0.2) is 24.3 Å². The van der Waals surface area contributed by atoms with Gasteiger partial charge >= 0.3 is 17.9 Å². The van der Waals surface area contributed by atoms with Crippen LogP contribution in [-0.2, 0) is 28.6 Å². The number of unbranched alkanes of at least 4 members (excludes halogenated alkanes) is 35. The molecule has 0 aromatic rings. The normalized spacial score (nSPS) is 12.1. The molecule has 62 heavy (non-hydrogen) atoms. The summed E-state index contributed by atoms with van der Waals surface area (Å²) in [5.41, 5.74) is 0. The molecule has 0 aromatic carbocycles. The molecule has 364 valence electrons. The predicted molar refractivity (Wildman–Crippen MR) is 266 cm³/mol. The number of esters is 3. The van der Waals surface area contributed by atoms with Crippen molar-refractivity contribution in [1.82, 2.24) is 0 Å². The van der Waals surface area contributed by atoms with Crippen molar-refractivity contribution in [2.24, 2.45) is 0 Å². The first-order valence-electron chi connectivity index (χ1n) is 27.3. The summed E-state index contributed by atoms with van der Waals surface area (Å²) in [6.45, 7) is 6.63. The molecule has 0 aliphatic heterocycles. The van der Waals surface area contributed by atoms with Gasteiger partial charge in [0.05, 0.1) is 0 Å². The van der Waals surface area contributed by atoms with Crippen LogP contribution in [0.4, 0.5) is 0 Å². The van der Waals surface area contributed by atoms with E-state index in [1.54, 1.807) is 0 Å². The smallest absolute Gasteiger partial charge is 0.306 e. The van der Waals surface area contributed by atoms with E-state index in [2.05, 4.69) is 45.1 Å². The average molecular weight is 873 g/mol. The van der Waals surface area contributed by atoms with Gasteiger partial charge in [0.15, 0.2) is 6.10 Å². The predicted octanol–water partition coefficient (Wildman–Crippen LogP) is 17.9. The lowest BCUT2D eigenvalue weighted by Gasteiger charge is -2.18. The molecule has 6 nitrogen and oxygen atoms in total. The van der Waals surface area contributed by atoms with Crippen molar-refractivity contribution < 1.29 is 28.6 Å². The molecule has 1 unspecified atom stereocenters. The molecule has 0 aliphatic carbocycles. The maximum atomic E-state index is 12.8. The minimum absolute atomic E-state index is 0.0732. The van der Waals surface area contributed by atoms with Crippen LogP contribution in [0.3, 0.4) is 0 Å². The van der Waals surface area contributed by atoms with E-state index in [9.17, 15) is 14.4 Å². The Labute approximate surface area is 385 Å². The van der Waals surface area contributed by atoms with Gasteiger partial charge in [-0.05, 0) is 70.6 Å². The zero-order chi connectivity index (χ0) is 45.1. The summed E-state index contributed by atoms with van der Waals surface area (Å²) in [4.78, 5) is 38.0. The Morgan fingerprint density at radius 2 is 0.532 bits per heavy atom. The molecule has 0 saturated heterocycles. The van der Waals surface area contributed by atoms with E-state index in [1.807, 2.05) is 0 Å². The number of ether oxygens (including phenoxy) is 3. The van der Waals surface area contributed by atoms with Gasteiger partial charge in [-0.25, -0.2) is 0 Å². The average Bonchev–Trinajstić information content (AvgIpc) is 3.27. The molecule has 0 rings (SSSR count). The van der Waals surface area contributed by atoms with Crippen LogP contribution in [0.25, 0.3) is 0 Å². The standard InChI is InChI=1S/C56H104O6/c1-4-7-10-13-16-19-22-25-27-28-30-31-34-37-40-43-46-49-55(58)61-52-53(51-60-54(57)48-45-42-39-36-33-24-21-18-15-12-9-6-3)62-56(59)50-47-44-41-38-35-32-29-26-23-20-17-14-11-8-5-2/h18,21,26,29,53H,4-17,19-20,22-25,27-28,30-52H2,1-3H3/b21-18-,29-26-. The van der Waals surface area contributed by atoms with Gasteiger partial charge in [-0.2, -0.15) is 0 Å². The summed E-state index contributed by atoms with van der Waals surface area (Å²) >= 11 is 0. The molecule has 0 spiro atoms. The second-order valence-electron chi connectivity index (χ2n) is 18.5. The fraction of sp³-hybridized carbons (Fsp3) is 0.875. The maximum Gasteiger partial charge on any atom is 0.306 e. The summed E-state index contributed by atoms with van der Waals surface area (Å²) in [6.07, 6.45) is 58.8. The maximum absolute atomic E-state index is 12.8. The lowest BCUT2D eigenvalue weighted by molar-refractivity contribution is -0.167. The van der Waals surface area contributed by atoms with Crippen LogP contribution in [-0.4, -0.2) is 37.2 Å². The molecule has 0 aliphatic rings. The molecule has 6 heteroatoms. The lowest BCUT2D eigenvalue weighted by atomic mass is 10.0. The Bertz CT molecular complexity index is 1000. The molecule has 0 N–H and O–H groups in total. The van der Waals surface area contributed by atoms with E-state index in [1.165, 1.54) is 186 Å². The van der Waals surface area contributed by atoms with Gasteiger partial charge in [0, 0.05) is 19.3 Å². The van der Waals surface area contributed by atoms with E-state index in [0.29, 0.717) is 19.3 Å². The molecule has 0 amide bonds. The van der Waals surface area contributed by atoms with Crippen molar-refractivity contribution in [3.63, 3.8) is 0 Å². The van der Waals surface area contributed by atoms with E-state index >= 15 is 0 Å². The highest BCUT2D eigenvalue weighted by Gasteiger charge is 2.19. The third kappa shape index (κ3) is 48.9. The van der Waals surface area contributed by atoms with E-state index < -0.39 is 6.10 Å². The van der Waals surface area contributed by atoms with Gasteiger partial charge in [0.2, 0.25) is 0 Å². The fourth-order valence-corrected chi connectivity index (χ4v) is 8.02. The van der Waals surface area contributed by atoms with E-state index in [-0.39, 0.29) is 31.1 Å². The lowest BCUT2D eigenvalue weighted by Crippen LogP contribution is -2.30. The minimum atomic E-state index is -0.774. The topological polar surface area (TPSA) is 78.9 Å². The highest BCUT2D eigenvalue weighted by molar-refractivity contribution is 5.71.